The molecule has 0 saturated carbocycles. The molecule has 0 saturated heterocycles. The van der Waals surface area contributed by atoms with Crippen molar-refractivity contribution < 1.29 is 23.2 Å². The molecule has 0 fully saturated rings. The molecule has 1 atom stereocenters. The molecule has 4 rings (SSSR count). The summed E-state index contributed by atoms with van der Waals surface area (Å²) in [6, 6.07) is 21.3. The number of methoxy groups -OCH3 is 1. The number of allylic oxidation sites excluding steroid dienone is 1. The molecule has 44 heavy (non-hydrogen) atoms. The van der Waals surface area contributed by atoms with E-state index in [1.54, 1.807) is 25.6 Å². The summed E-state index contributed by atoms with van der Waals surface area (Å²) in [6.45, 7) is 8.78. The van der Waals surface area contributed by atoms with Crippen molar-refractivity contribution in [2.24, 2.45) is 0 Å². The summed E-state index contributed by atoms with van der Waals surface area (Å²) in [5.74, 6) is 1.86. The van der Waals surface area contributed by atoms with Crippen LogP contribution in [0.4, 0.5) is 0 Å². The van der Waals surface area contributed by atoms with Crippen LogP contribution in [0.15, 0.2) is 84.0 Å². The van der Waals surface area contributed by atoms with Crippen molar-refractivity contribution in [2.45, 2.75) is 57.2 Å². The summed E-state index contributed by atoms with van der Waals surface area (Å²) in [5, 5.41) is 0. The van der Waals surface area contributed by atoms with E-state index in [0.717, 1.165) is 70.3 Å². The average Bonchev–Trinajstić information content (AvgIpc) is 3.40. The van der Waals surface area contributed by atoms with Crippen LogP contribution in [0.25, 0.3) is 17.2 Å². The molecule has 0 aliphatic carbocycles. The number of hydrogen-bond acceptors (Lipinski definition) is 6. The zero-order valence-corrected chi connectivity index (χ0v) is 26.9. The molecule has 0 N–H and O–H groups in total. The van der Waals surface area contributed by atoms with Crippen LogP contribution in [0.2, 0.25) is 0 Å². The van der Waals surface area contributed by atoms with Crippen molar-refractivity contribution in [3.05, 3.63) is 102 Å². The van der Waals surface area contributed by atoms with Crippen LogP contribution < -0.4 is 9.47 Å². The molecule has 0 unspecified atom stereocenters. The normalized spacial score (nSPS) is 12.0. The van der Waals surface area contributed by atoms with Gasteiger partial charge < -0.3 is 18.8 Å². The van der Waals surface area contributed by atoms with Crippen molar-refractivity contribution in [3.8, 4) is 22.6 Å². The molecular weight excluding hydrogens is 572 g/mol. The lowest BCUT2D eigenvalue weighted by Crippen LogP contribution is -2.07. The van der Waals surface area contributed by atoms with Crippen molar-refractivity contribution in [3.63, 3.8) is 0 Å². The van der Waals surface area contributed by atoms with E-state index < -0.39 is 10.8 Å². The van der Waals surface area contributed by atoms with Crippen molar-refractivity contribution >= 4 is 22.7 Å². The zero-order chi connectivity index (χ0) is 31.3. The maximum atomic E-state index is 13.0. The van der Waals surface area contributed by atoms with Crippen molar-refractivity contribution in [1.82, 2.24) is 9.55 Å². The first-order valence-corrected chi connectivity index (χ1v) is 16.4. The van der Waals surface area contributed by atoms with E-state index in [9.17, 15) is 9.00 Å². The maximum absolute atomic E-state index is 13.0. The van der Waals surface area contributed by atoms with Crippen LogP contribution in [-0.4, -0.2) is 46.5 Å². The van der Waals surface area contributed by atoms with E-state index in [0.29, 0.717) is 24.7 Å². The van der Waals surface area contributed by atoms with Crippen LogP contribution in [0, 0.1) is 6.92 Å². The van der Waals surface area contributed by atoms with Crippen LogP contribution in [-0.2, 0) is 39.0 Å². The lowest BCUT2D eigenvalue weighted by atomic mass is 10.0. The Morgan fingerprint density at radius 2 is 1.70 bits per heavy atom. The first kappa shape index (κ1) is 32.9. The molecule has 3 aromatic carbocycles. The van der Waals surface area contributed by atoms with E-state index in [4.69, 9.17) is 14.2 Å². The van der Waals surface area contributed by atoms with Crippen LogP contribution in [0.3, 0.4) is 0 Å². The van der Waals surface area contributed by atoms with Gasteiger partial charge in [-0.15, -0.1) is 0 Å². The molecule has 8 heteroatoms. The van der Waals surface area contributed by atoms with E-state index in [1.807, 2.05) is 85.1 Å². The minimum absolute atomic E-state index is 0.0334. The fraction of sp³-hybridized carbons (Fsp3) is 0.333. The Bertz CT molecular complexity index is 1560. The highest BCUT2D eigenvalue weighted by atomic mass is 32.2. The van der Waals surface area contributed by atoms with Gasteiger partial charge in [0, 0.05) is 30.0 Å². The summed E-state index contributed by atoms with van der Waals surface area (Å²) in [7, 11) is 0.423. The van der Waals surface area contributed by atoms with E-state index in [2.05, 4.69) is 11.9 Å². The number of imidazole rings is 1. The highest BCUT2D eigenvalue weighted by molar-refractivity contribution is 7.84. The standard InChI is InChI=1S/C36H42N2O5S/c1-5-7-20-42-21-22-43-33-15-11-29(12-16-33)30-13-19-36(41-4)31(24-30)10-14-32(39)23-28-8-17-34(18-9-28)44(40)25-35-27(3)37-26-38(35)6-2/h8-19,24,26H,5-7,20-23,25H2,1-4H3/b14-10+/t44-/m1/s1. The third-order valence-electron chi connectivity index (χ3n) is 7.33. The van der Waals surface area contributed by atoms with E-state index in [-0.39, 0.29) is 12.2 Å². The number of aryl methyl sites for hydroxylation is 2. The Morgan fingerprint density at radius 1 is 0.955 bits per heavy atom. The second-order valence-corrected chi connectivity index (χ2v) is 11.9. The van der Waals surface area contributed by atoms with Crippen LogP contribution in [0.5, 0.6) is 11.5 Å². The van der Waals surface area contributed by atoms with Gasteiger partial charge in [0.2, 0.25) is 0 Å². The topological polar surface area (TPSA) is 79.7 Å². The fourth-order valence-corrected chi connectivity index (χ4v) is 5.96. The highest BCUT2D eigenvalue weighted by Gasteiger charge is 2.13. The SMILES string of the molecule is CCCCOCCOc1ccc(-c2ccc(OC)c(/C=C/C(=O)Cc3ccc([S@](=O)Cc4c(C)ncn4CC)cc3)c2)cc1. The molecule has 1 heterocycles. The Hall–Kier alpha value is -4.01. The van der Waals surface area contributed by atoms with Gasteiger partial charge in [0.25, 0.3) is 0 Å². The smallest absolute Gasteiger partial charge is 0.160 e. The quantitative estimate of drug-likeness (QED) is 0.0924. The number of nitrogens with zero attached hydrogens (tertiary/aromatic N) is 2. The van der Waals surface area contributed by atoms with Gasteiger partial charge in [0.1, 0.15) is 18.1 Å². The first-order chi connectivity index (χ1) is 21.4. The molecular formula is C36H42N2O5S. The molecule has 0 amide bonds. The molecule has 232 valence electrons. The number of ether oxygens (including phenoxy) is 3. The average molecular weight is 615 g/mol. The highest BCUT2D eigenvalue weighted by Crippen LogP contribution is 2.29. The number of aromatic nitrogens is 2. The lowest BCUT2D eigenvalue weighted by molar-refractivity contribution is -0.113. The number of hydrogen-bond donors (Lipinski definition) is 0. The molecule has 0 aliphatic heterocycles. The number of carbonyl (C=O) groups excluding carboxylic acids is 1. The van der Waals surface area contributed by atoms with Crippen LogP contribution >= 0.6 is 0 Å². The number of rotatable bonds is 17. The largest absolute Gasteiger partial charge is 0.496 e. The Labute approximate surface area is 263 Å². The second kappa shape index (κ2) is 16.7. The fourth-order valence-electron chi connectivity index (χ4n) is 4.73. The number of ketones is 1. The maximum Gasteiger partial charge on any atom is 0.160 e. The van der Waals surface area contributed by atoms with Gasteiger partial charge >= 0.3 is 0 Å². The lowest BCUT2D eigenvalue weighted by Gasteiger charge is -2.10. The minimum atomic E-state index is -1.20. The monoisotopic (exact) mass is 614 g/mol. The first-order valence-electron chi connectivity index (χ1n) is 15.1. The molecule has 0 radical (unpaired) electrons. The van der Waals surface area contributed by atoms with Crippen molar-refractivity contribution in [1.29, 1.82) is 0 Å². The Balaban J connectivity index is 1.35. The van der Waals surface area contributed by atoms with E-state index >= 15 is 0 Å². The van der Waals surface area contributed by atoms with Gasteiger partial charge in [-0.05, 0) is 85.5 Å². The van der Waals surface area contributed by atoms with Gasteiger partial charge in [-0.1, -0.05) is 43.7 Å². The number of benzene rings is 3. The molecule has 7 nitrogen and oxygen atoms in total. The van der Waals surface area contributed by atoms with Gasteiger partial charge in [0.15, 0.2) is 5.78 Å². The number of unbranched alkanes of at least 4 members (excludes halogenated alkanes) is 1. The van der Waals surface area contributed by atoms with Crippen molar-refractivity contribution in [2.75, 3.05) is 26.9 Å². The van der Waals surface area contributed by atoms with Crippen LogP contribution in [0.1, 0.15) is 49.2 Å². The molecule has 0 aliphatic rings. The summed E-state index contributed by atoms with van der Waals surface area (Å²) in [5.41, 5.74) is 5.61. The summed E-state index contributed by atoms with van der Waals surface area (Å²) in [4.78, 5) is 17.9. The summed E-state index contributed by atoms with van der Waals surface area (Å²) >= 11 is 0. The molecule has 0 bridgehead atoms. The third kappa shape index (κ3) is 9.24. The zero-order valence-electron chi connectivity index (χ0n) is 26.1. The second-order valence-electron chi connectivity index (χ2n) is 10.5. The minimum Gasteiger partial charge on any atom is -0.496 e. The molecule has 0 spiro atoms. The Kier molecular flexibility index (Phi) is 12.5. The molecule has 1 aromatic heterocycles. The molecule has 4 aromatic rings. The van der Waals surface area contributed by atoms with Gasteiger partial charge in [-0.3, -0.25) is 9.00 Å². The summed E-state index contributed by atoms with van der Waals surface area (Å²) < 4.78 is 31.9. The predicted molar refractivity (Wildman–Crippen MR) is 177 cm³/mol. The number of carbonyl (C=O) groups is 1. The predicted octanol–water partition coefficient (Wildman–Crippen LogP) is 7.22. The van der Waals surface area contributed by atoms with Gasteiger partial charge in [0.05, 0.1) is 48.0 Å². The van der Waals surface area contributed by atoms with Gasteiger partial charge in [-0.25, -0.2) is 4.98 Å². The third-order valence-corrected chi connectivity index (χ3v) is 8.67. The Morgan fingerprint density at radius 3 is 2.41 bits per heavy atom. The summed E-state index contributed by atoms with van der Waals surface area (Å²) in [6.07, 6.45) is 7.60. The van der Waals surface area contributed by atoms with E-state index in [1.165, 1.54) is 0 Å². The van der Waals surface area contributed by atoms with Gasteiger partial charge in [-0.2, -0.15) is 0 Å².